The van der Waals surface area contributed by atoms with E-state index in [2.05, 4.69) is 39.4 Å². The molecule has 1 unspecified atom stereocenters. The van der Waals surface area contributed by atoms with Crippen molar-refractivity contribution in [3.8, 4) is 0 Å². The molecule has 3 aliphatic rings. The maximum Gasteiger partial charge on any atom is 0.0240 e. The quantitative estimate of drug-likeness (QED) is 0.838. The Morgan fingerprint density at radius 3 is 2.33 bits per heavy atom. The number of rotatable bonds is 5. The minimum atomic E-state index is 0.604. The monoisotopic (exact) mass is 327 g/mol. The van der Waals surface area contributed by atoms with E-state index in [1.54, 1.807) is 11.1 Å². The van der Waals surface area contributed by atoms with E-state index in [1.165, 1.54) is 77.8 Å². The topological polar surface area (TPSA) is 18.5 Å². The fraction of sp³-hybridized carbons (Fsp3) is 0.714. The van der Waals surface area contributed by atoms with Gasteiger partial charge in [0.05, 0.1) is 0 Å². The van der Waals surface area contributed by atoms with E-state index in [0.717, 1.165) is 13.1 Å². The van der Waals surface area contributed by atoms with Gasteiger partial charge in [-0.2, -0.15) is 0 Å². The Morgan fingerprint density at radius 2 is 1.62 bits per heavy atom. The molecule has 2 saturated heterocycles. The molecule has 24 heavy (non-hydrogen) atoms. The molecular formula is C21H33N3. The number of fused-ring (bicyclic) bond motifs is 1. The fourth-order valence-electron chi connectivity index (χ4n) is 5.11. The van der Waals surface area contributed by atoms with Gasteiger partial charge in [-0.1, -0.05) is 24.3 Å². The van der Waals surface area contributed by atoms with Gasteiger partial charge in [0.15, 0.2) is 0 Å². The van der Waals surface area contributed by atoms with Gasteiger partial charge in [-0.05, 0) is 81.2 Å². The van der Waals surface area contributed by atoms with Crippen molar-refractivity contribution in [2.75, 3.05) is 39.3 Å². The molecule has 3 aliphatic heterocycles. The van der Waals surface area contributed by atoms with E-state index in [4.69, 9.17) is 0 Å². The number of piperidine rings is 2. The summed E-state index contributed by atoms with van der Waals surface area (Å²) in [6.45, 7) is 10.1. The van der Waals surface area contributed by atoms with Gasteiger partial charge in [0.1, 0.15) is 0 Å². The minimum Gasteiger partial charge on any atom is -0.316 e. The summed E-state index contributed by atoms with van der Waals surface area (Å²) in [5, 5.41) is 3.65. The largest absolute Gasteiger partial charge is 0.316 e. The lowest BCUT2D eigenvalue weighted by Crippen LogP contribution is -2.51. The first kappa shape index (κ1) is 16.6. The number of nitrogens with one attached hydrogen (secondary N) is 1. The van der Waals surface area contributed by atoms with Crippen LogP contribution in [0.4, 0.5) is 0 Å². The van der Waals surface area contributed by atoms with Gasteiger partial charge in [-0.3, -0.25) is 4.90 Å². The van der Waals surface area contributed by atoms with E-state index >= 15 is 0 Å². The summed E-state index contributed by atoms with van der Waals surface area (Å²) >= 11 is 0. The molecule has 0 aromatic heterocycles. The number of hydrogen-bond donors (Lipinski definition) is 1. The maximum absolute atomic E-state index is 3.65. The number of nitrogens with zero attached hydrogens (tertiary/aromatic N) is 2. The van der Waals surface area contributed by atoms with Crippen molar-refractivity contribution >= 4 is 0 Å². The first-order valence-corrected chi connectivity index (χ1v) is 10.1. The minimum absolute atomic E-state index is 0.604. The van der Waals surface area contributed by atoms with Gasteiger partial charge in [-0.15, -0.1) is 0 Å². The standard InChI is InChI=1S/C21H33N3/c1-2-8-20-16-24(15-19(20)7-1)13-4-3-12-23-14-6-10-21(18-23)9-5-11-22-17-21/h1-2,7-8,22H,3-6,9-18H2. The van der Waals surface area contributed by atoms with Crippen LogP contribution in [0.25, 0.3) is 0 Å². The molecule has 3 heterocycles. The molecule has 4 rings (SSSR count). The van der Waals surface area contributed by atoms with E-state index in [-0.39, 0.29) is 0 Å². The Morgan fingerprint density at radius 1 is 0.917 bits per heavy atom. The third kappa shape index (κ3) is 3.84. The van der Waals surface area contributed by atoms with Crippen molar-refractivity contribution in [1.29, 1.82) is 0 Å². The van der Waals surface area contributed by atoms with Gasteiger partial charge < -0.3 is 10.2 Å². The molecule has 1 aromatic carbocycles. The van der Waals surface area contributed by atoms with Gasteiger partial charge in [0.2, 0.25) is 0 Å². The summed E-state index contributed by atoms with van der Waals surface area (Å²) in [5.74, 6) is 0. The van der Waals surface area contributed by atoms with E-state index in [1.807, 2.05) is 0 Å². The van der Waals surface area contributed by atoms with Crippen LogP contribution in [0.5, 0.6) is 0 Å². The molecule has 1 aromatic rings. The molecule has 0 saturated carbocycles. The third-order valence-corrected chi connectivity index (χ3v) is 6.41. The Kier molecular flexibility index (Phi) is 5.21. The van der Waals surface area contributed by atoms with Crippen molar-refractivity contribution < 1.29 is 0 Å². The fourth-order valence-corrected chi connectivity index (χ4v) is 5.11. The number of likely N-dealkylation sites (tertiary alicyclic amines) is 1. The third-order valence-electron chi connectivity index (χ3n) is 6.41. The highest BCUT2D eigenvalue weighted by molar-refractivity contribution is 5.30. The second-order valence-electron chi connectivity index (χ2n) is 8.35. The average Bonchev–Trinajstić information content (AvgIpc) is 3.02. The summed E-state index contributed by atoms with van der Waals surface area (Å²) < 4.78 is 0. The van der Waals surface area contributed by atoms with Crippen LogP contribution in [0.15, 0.2) is 24.3 Å². The smallest absolute Gasteiger partial charge is 0.0240 e. The van der Waals surface area contributed by atoms with Crippen LogP contribution in [0, 0.1) is 5.41 Å². The lowest BCUT2D eigenvalue weighted by molar-refractivity contribution is 0.0631. The van der Waals surface area contributed by atoms with Gasteiger partial charge in [-0.25, -0.2) is 0 Å². The van der Waals surface area contributed by atoms with Gasteiger partial charge in [0.25, 0.3) is 0 Å². The first-order chi connectivity index (χ1) is 11.8. The zero-order valence-electron chi connectivity index (χ0n) is 15.1. The van der Waals surface area contributed by atoms with Crippen LogP contribution in [-0.2, 0) is 13.1 Å². The number of unbranched alkanes of at least 4 members (excludes halogenated alkanes) is 1. The predicted octanol–water partition coefficient (Wildman–Crippen LogP) is 3.25. The Hall–Kier alpha value is -0.900. The van der Waals surface area contributed by atoms with Crippen LogP contribution in [0.2, 0.25) is 0 Å². The molecule has 1 spiro atoms. The molecule has 132 valence electrons. The molecule has 0 amide bonds. The summed E-state index contributed by atoms with van der Waals surface area (Å²) in [6.07, 6.45) is 8.38. The van der Waals surface area contributed by atoms with Gasteiger partial charge in [0, 0.05) is 26.2 Å². The second kappa shape index (κ2) is 7.55. The number of benzene rings is 1. The van der Waals surface area contributed by atoms with Crippen LogP contribution in [-0.4, -0.2) is 49.1 Å². The van der Waals surface area contributed by atoms with Crippen LogP contribution >= 0.6 is 0 Å². The highest BCUT2D eigenvalue weighted by atomic mass is 15.2. The summed E-state index contributed by atoms with van der Waals surface area (Å²) in [7, 11) is 0. The van der Waals surface area contributed by atoms with Crippen molar-refractivity contribution in [2.24, 2.45) is 5.41 Å². The maximum atomic E-state index is 3.65. The van der Waals surface area contributed by atoms with Crippen LogP contribution < -0.4 is 5.32 Å². The van der Waals surface area contributed by atoms with Crippen molar-refractivity contribution in [2.45, 2.75) is 51.6 Å². The molecule has 1 atom stereocenters. The van der Waals surface area contributed by atoms with E-state index in [9.17, 15) is 0 Å². The second-order valence-corrected chi connectivity index (χ2v) is 8.35. The zero-order chi connectivity index (χ0) is 16.2. The van der Waals surface area contributed by atoms with Crippen molar-refractivity contribution in [3.63, 3.8) is 0 Å². The summed E-state index contributed by atoms with van der Waals surface area (Å²) in [4.78, 5) is 5.38. The van der Waals surface area contributed by atoms with Gasteiger partial charge >= 0.3 is 0 Å². The Labute approximate surface area is 147 Å². The normalized spacial score (nSPS) is 28.3. The van der Waals surface area contributed by atoms with Crippen molar-refractivity contribution in [1.82, 2.24) is 15.1 Å². The van der Waals surface area contributed by atoms with E-state index in [0.29, 0.717) is 5.41 Å². The Bertz CT molecular complexity index is 505. The molecule has 2 fully saturated rings. The molecule has 3 heteroatoms. The molecule has 3 nitrogen and oxygen atoms in total. The molecule has 0 bridgehead atoms. The summed E-state index contributed by atoms with van der Waals surface area (Å²) in [6, 6.07) is 8.94. The van der Waals surface area contributed by atoms with E-state index < -0.39 is 0 Å². The molecule has 1 N–H and O–H groups in total. The predicted molar refractivity (Wildman–Crippen MR) is 100 cm³/mol. The molecular weight excluding hydrogens is 294 g/mol. The van der Waals surface area contributed by atoms with Crippen LogP contribution in [0.3, 0.4) is 0 Å². The highest BCUT2D eigenvalue weighted by Crippen LogP contribution is 2.35. The zero-order valence-corrected chi connectivity index (χ0v) is 15.1. The first-order valence-electron chi connectivity index (χ1n) is 10.1. The lowest BCUT2D eigenvalue weighted by atomic mass is 9.74. The number of hydrogen-bond acceptors (Lipinski definition) is 3. The molecule has 0 aliphatic carbocycles. The Balaban J connectivity index is 1.17. The van der Waals surface area contributed by atoms with Crippen LogP contribution in [0.1, 0.15) is 49.7 Å². The SMILES string of the molecule is c1ccc2c(c1)CN(CCCCN1CCCC3(CCCNC3)C1)C2. The van der Waals surface area contributed by atoms with Crippen molar-refractivity contribution in [3.05, 3.63) is 35.4 Å². The molecule has 0 radical (unpaired) electrons. The average molecular weight is 328 g/mol. The summed E-state index contributed by atoms with van der Waals surface area (Å²) in [5.41, 5.74) is 3.69. The lowest BCUT2D eigenvalue weighted by Gasteiger charge is -2.45. The highest BCUT2D eigenvalue weighted by Gasteiger charge is 2.36.